The second-order valence-corrected chi connectivity index (χ2v) is 5.86. The molecule has 0 atom stereocenters. The molecule has 1 aromatic carbocycles. The molecule has 1 aromatic heterocycles. The van der Waals surface area contributed by atoms with Gasteiger partial charge in [0.1, 0.15) is 11.4 Å². The van der Waals surface area contributed by atoms with E-state index in [1.54, 1.807) is 7.11 Å². The summed E-state index contributed by atoms with van der Waals surface area (Å²) in [6, 6.07) is 7.67. The quantitative estimate of drug-likeness (QED) is 0.932. The van der Waals surface area contributed by atoms with Gasteiger partial charge in [0.05, 0.1) is 18.5 Å². The third kappa shape index (κ3) is 2.50. The summed E-state index contributed by atoms with van der Waals surface area (Å²) < 4.78 is 6.98. The predicted octanol–water partition coefficient (Wildman–Crippen LogP) is 3.45. The summed E-state index contributed by atoms with van der Waals surface area (Å²) in [5.74, 6) is 1.11. The Labute approximate surface area is 120 Å². The third-order valence-electron chi connectivity index (χ3n) is 3.32. The minimum absolute atomic E-state index is 0.189. The summed E-state index contributed by atoms with van der Waals surface area (Å²) in [5, 5.41) is 15.0. The highest BCUT2D eigenvalue weighted by Crippen LogP contribution is 2.34. The molecular weight excluding hydrogens is 252 g/mol. The Morgan fingerprint density at radius 1 is 1.20 bits per heavy atom. The first-order chi connectivity index (χ1) is 9.38. The van der Waals surface area contributed by atoms with E-state index in [4.69, 9.17) is 4.74 Å². The lowest BCUT2D eigenvalue weighted by atomic mass is 9.91. The summed E-state index contributed by atoms with van der Waals surface area (Å²) >= 11 is 0. The molecule has 1 heterocycles. The number of aromatic nitrogens is 2. The van der Waals surface area contributed by atoms with E-state index in [9.17, 15) is 5.11 Å². The van der Waals surface area contributed by atoms with Crippen molar-refractivity contribution in [3.63, 3.8) is 0 Å². The standard InChI is InChI=1S/C16H22N2O2/c1-6-13-14(19)15(16(2,3)4)17-18(13)11-7-9-12(20-5)10-8-11/h7-10,19H,6H2,1-5H3. The summed E-state index contributed by atoms with van der Waals surface area (Å²) in [4.78, 5) is 0. The van der Waals surface area contributed by atoms with Crippen molar-refractivity contribution in [2.45, 2.75) is 39.5 Å². The second kappa shape index (κ2) is 5.19. The maximum Gasteiger partial charge on any atom is 0.161 e. The van der Waals surface area contributed by atoms with Gasteiger partial charge in [-0.3, -0.25) is 0 Å². The van der Waals surface area contributed by atoms with Gasteiger partial charge in [-0.2, -0.15) is 5.10 Å². The minimum atomic E-state index is -0.189. The number of rotatable bonds is 3. The molecule has 4 nitrogen and oxygen atoms in total. The molecule has 4 heteroatoms. The molecule has 0 fully saturated rings. The monoisotopic (exact) mass is 274 g/mol. The predicted molar refractivity (Wildman–Crippen MR) is 79.9 cm³/mol. The topological polar surface area (TPSA) is 47.3 Å². The smallest absolute Gasteiger partial charge is 0.161 e. The van der Waals surface area contributed by atoms with Crippen molar-refractivity contribution in [1.82, 2.24) is 9.78 Å². The molecule has 20 heavy (non-hydrogen) atoms. The van der Waals surface area contributed by atoms with Crippen LogP contribution in [0.1, 0.15) is 39.1 Å². The van der Waals surface area contributed by atoms with Crippen LogP contribution in [0.2, 0.25) is 0 Å². The summed E-state index contributed by atoms with van der Waals surface area (Å²) in [7, 11) is 1.64. The van der Waals surface area contributed by atoms with Crippen molar-refractivity contribution >= 4 is 0 Å². The maximum atomic E-state index is 10.4. The SMILES string of the molecule is CCc1c(O)c(C(C)(C)C)nn1-c1ccc(OC)cc1. The minimum Gasteiger partial charge on any atom is -0.504 e. The number of benzene rings is 1. The van der Waals surface area contributed by atoms with Crippen LogP contribution in [-0.2, 0) is 11.8 Å². The van der Waals surface area contributed by atoms with Crippen LogP contribution in [0.3, 0.4) is 0 Å². The molecule has 1 N–H and O–H groups in total. The Balaban J connectivity index is 2.55. The van der Waals surface area contributed by atoms with E-state index in [0.717, 1.165) is 29.2 Å². The first-order valence-corrected chi connectivity index (χ1v) is 6.84. The van der Waals surface area contributed by atoms with E-state index in [1.165, 1.54) is 0 Å². The molecule has 0 aliphatic rings. The molecule has 2 rings (SSSR count). The number of methoxy groups -OCH3 is 1. The molecule has 0 saturated carbocycles. The second-order valence-electron chi connectivity index (χ2n) is 5.86. The number of nitrogens with zero attached hydrogens (tertiary/aromatic N) is 2. The van der Waals surface area contributed by atoms with Crippen LogP contribution in [0.25, 0.3) is 5.69 Å². The van der Waals surface area contributed by atoms with Gasteiger partial charge in [-0.05, 0) is 30.7 Å². The van der Waals surface area contributed by atoms with Crippen LogP contribution in [0.5, 0.6) is 11.5 Å². The molecule has 0 saturated heterocycles. The molecule has 0 radical (unpaired) electrons. The van der Waals surface area contributed by atoms with Crippen LogP contribution in [0.4, 0.5) is 0 Å². The Morgan fingerprint density at radius 2 is 1.80 bits per heavy atom. The lowest BCUT2D eigenvalue weighted by Crippen LogP contribution is -2.13. The number of hydrogen-bond donors (Lipinski definition) is 1. The van der Waals surface area contributed by atoms with Gasteiger partial charge in [-0.15, -0.1) is 0 Å². The average molecular weight is 274 g/mol. The van der Waals surface area contributed by atoms with Gasteiger partial charge in [0.25, 0.3) is 0 Å². The van der Waals surface area contributed by atoms with Gasteiger partial charge in [0, 0.05) is 5.41 Å². The molecule has 0 spiro atoms. The van der Waals surface area contributed by atoms with Gasteiger partial charge in [0.2, 0.25) is 0 Å². The molecule has 0 amide bonds. The molecule has 0 bridgehead atoms. The molecule has 0 aliphatic carbocycles. The lowest BCUT2D eigenvalue weighted by Gasteiger charge is -2.15. The Bertz CT molecular complexity index is 592. The highest BCUT2D eigenvalue weighted by Gasteiger charge is 2.26. The van der Waals surface area contributed by atoms with Crippen LogP contribution >= 0.6 is 0 Å². The van der Waals surface area contributed by atoms with E-state index in [-0.39, 0.29) is 5.41 Å². The zero-order valence-corrected chi connectivity index (χ0v) is 12.8. The normalized spacial score (nSPS) is 11.7. The molecule has 2 aromatic rings. The molecule has 0 unspecified atom stereocenters. The highest BCUT2D eigenvalue weighted by molar-refractivity contribution is 5.44. The van der Waals surface area contributed by atoms with E-state index in [2.05, 4.69) is 5.10 Å². The fraction of sp³-hybridized carbons (Fsp3) is 0.438. The van der Waals surface area contributed by atoms with Crippen LogP contribution in [0.15, 0.2) is 24.3 Å². The van der Waals surface area contributed by atoms with Crippen molar-refractivity contribution in [3.05, 3.63) is 35.7 Å². The van der Waals surface area contributed by atoms with Crippen LogP contribution in [-0.4, -0.2) is 22.0 Å². The summed E-state index contributed by atoms with van der Waals surface area (Å²) in [6.07, 6.45) is 0.723. The van der Waals surface area contributed by atoms with Crippen molar-refractivity contribution in [3.8, 4) is 17.2 Å². The van der Waals surface area contributed by atoms with Gasteiger partial charge in [0.15, 0.2) is 5.75 Å². The van der Waals surface area contributed by atoms with E-state index in [1.807, 2.05) is 56.6 Å². The molecule has 0 aliphatic heterocycles. The summed E-state index contributed by atoms with van der Waals surface area (Å²) in [6.45, 7) is 8.16. The maximum absolute atomic E-state index is 10.4. The Morgan fingerprint density at radius 3 is 2.25 bits per heavy atom. The lowest BCUT2D eigenvalue weighted by molar-refractivity contribution is 0.414. The fourth-order valence-electron chi connectivity index (χ4n) is 2.20. The van der Waals surface area contributed by atoms with Gasteiger partial charge in [-0.1, -0.05) is 27.7 Å². The number of aromatic hydroxyl groups is 1. The Kier molecular flexibility index (Phi) is 3.75. The van der Waals surface area contributed by atoms with E-state index in [0.29, 0.717) is 5.75 Å². The van der Waals surface area contributed by atoms with E-state index < -0.39 is 0 Å². The molecule has 108 valence electrons. The first kappa shape index (κ1) is 14.4. The zero-order valence-electron chi connectivity index (χ0n) is 12.8. The zero-order chi connectivity index (χ0) is 14.9. The first-order valence-electron chi connectivity index (χ1n) is 6.84. The van der Waals surface area contributed by atoms with Gasteiger partial charge in [-0.25, -0.2) is 4.68 Å². The average Bonchev–Trinajstić information content (AvgIpc) is 2.75. The van der Waals surface area contributed by atoms with Crippen LogP contribution < -0.4 is 4.74 Å². The van der Waals surface area contributed by atoms with E-state index >= 15 is 0 Å². The van der Waals surface area contributed by atoms with Crippen LogP contribution in [0, 0.1) is 0 Å². The summed E-state index contributed by atoms with van der Waals surface area (Å²) in [5.41, 5.74) is 2.30. The van der Waals surface area contributed by atoms with Gasteiger partial charge < -0.3 is 9.84 Å². The van der Waals surface area contributed by atoms with Gasteiger partial charge >= 0.3 is 0 Å². The van der Waals surface area contributed by atoms with Crippen molar-refractivity contribution in [2.24, 2.45) is 0 Å². The molecular formula is C16H22N2O2. The van der Waals surface area contributed by atoms with Crippen molar-refractivity contribution in [1.29, 1.82) is 0 Å². The van der Waals surface area contributed by atoms with Crippen molar-refractivity contribution < 1.29 is 9.84 Å². The number of ether oxygens (including phenoxy) is 1. The fourth-order valence-corrected chi connectivity index (χ4v) is 2.20. The largest absolute Gasteiger partial charge is 0.504 e. The Hall–Kier alpha value is -1.97. The third-order valence-corrected chi connectivity index (χ3v) is 3.32. The highest BCUT2D eigenvalue weighted by atomic mass is 16.5. The number of hydrogen-bond acceptors (Lipinski definition) is 3. The van der Waals surface area contributed by atoms with Crippen molar-refractivity contribution in [2.75, 3.05) is 7.11 Å².